The summed E-state index contributed by atoms with van der Waals surface area (Å²) in [5, 5.41) is 8.77. The average Bonchev–Trinajstić information content (AvgIpc) is 3.07. The third kappa shape index (κ3) is 8.71. The van der Waals surface area contributed by atoms with Gasteiger partial charge in [0.15, 0.2) is 0 Å². The van der Waals surface area contributed by atoms with E-state index in [-0.39, 0.29) is 11.6 Å². The molecule has 1 unspecified atom stereocenters. The van der Waals surface area contributed by atoms with E-state index >= 15 is 0 Å². The van der Waals surface area contributed by atoms with Gasteiger partial charge < -0.3 is 16.0 Å². The Labute approximate surface area is 288 Å². The van der Waals surface area contributed by atoms with Crippen molar-refractivity contribution in [2.75, 3.05) is 10.6 Å². The Kier molecular flexibility index (Phi) is 11.2. The number of carbonyl (C=O) groups is 3. The highest BCUT2D eigenvalue weighted by Crippen LogP contribution is 2.38. The first-order valence-electron chi connectivity index (χ1n) is 14.7. The molecule has 3 amide bonds. The number of carbonyl (C=O) groups excluding carboxylic acids is 3. The van der Waals surface area contributed by atoms with Gasteiger partial charge in [0.05, 0.1) is 0 Å². The molecule has 0 radical (unpaired) electrons. The summed E-state index contributed by atoms with van der Waals surface area (Å²) in [6.07, 6.45) is 1.45. The van der Waals surface area contributed by atoms with Gasteiger partial charge in [0, 0.05) is 37.4 Å². The van der Waals surface area contributed by atoms with E-state index in [1.165, 1.54) is 17.8 Å². The minimum absolute atomic E-state index is 0.0537. The molecule has 0 aliphatic heterocycles. The summed E-state index contributed by atoms with van der Waals surface area (Å²) in [5.41, 5.74) is 4.74. The minimum atomic E-state index is -0.584. The molecule has 5 aromatic carbocycles. The molecule has 0 aromatic heterocycles. The second-order valence-corrected chi connectivity index (χ2v) is 12.7. The van der Waals surface area contributed by atoms with Gasteiger partial charge in [-0.15, -0.1) is 11.8 Å². The number of hydrogen-bond acceptors (Lipinski definition) is 4. The Balaban J connectivity index is 1.41. The van der Waals surface area contributed by atoms with Crippen molar-refractivity contribution in [3.63, 3.8) is 0 Å². The van der Waals surface area contributed by atoms with Crippen molar-refractivity contribution in [3.8, 4) is 0 Å². The van der Waals surface area contributed by atoms with Crippen LogP contribution in [0.5, 0.6) is 0 Å². The van der Waals surface area contributed by atoms with Gasteiger partial charge in [-0.1, -0.05) is 102 Å². The van der Waals surface area contributed by atoms with E-state index < -0.39 is 17.1 Å². The summed E-state index contributed by atoms with van der Waals surface area (Å²) in [6.45, 7) is 3.92. The van der Waals surface area contributed by atoms with Gasteiger partial charge in [0.2, 0.25) is 5.91 Å². The van der Waals surface area contributed by atoms with Gasteiger partial charge in [0.25, 0.3) is 11.8 Å². The molecule has 0 heterocycles. The summed E-state index contributed by atoms with van der Waals surface area (Å²) in [6, 6.07) is 36.1. The van der Waals surface area contributed by atoms with Crippen molar-refractivity contribution in [1.29, 1.82) is 0 Å². The number of anilines is 2. The van der Waals surface area contributed by atoms with E-state index in [1.54, 1.807) is 66.7 Å². The van der Waals surface area contributed by atoms with Crippen molar-refractivity contribution < 1.29 is 14.4 Å². The molecule has 236 valence electrons. The van der Waals surface area contributed by atoms with E-state index in [4.69, 9.17) is 23.2 Å². The number of amides is 3. The number of aryl methyl sites for hydroxylation is 2. The Morgan fingerprint density at radius 1 is 0.702 bits per heavy atom. The zero-order valence-corrected chi connectivity index (χ0v) is 27.9. The summed E-state index contributed by atoms with van der Waals surface area (Å²) in [7, 11) is 0. The number of hydrogen-bond donors (Lipinski definition) is 3. The molecule has 0 aliphatic rings. The topological polar surface area (TPSA) is 87.3 Å². The summed E-state index contributed by atoms with van der Waals surface area (Å²) < 4.78 is 0. The second kappa shape index (κ2) is 15.6. The van der Waals surface area contributed by atoms with Crippen LogP contribution < -0.4 is 16.0 Å². The fraction of sp³-hybridized carbons (Fsp3) is 0.0789. The third-order valence-electron chi connectivity index (χ3n) is 7.23. The molecule has 0 aliphatic carbocycles. The molecule has 5 aromatic rings. The van der Waals surface area contributed by atoms with Crippen molar-refractivity contribution in [2.24, 2.45) is 0 Å². The summed E-state index contributed by atoms with van der Waals surface area (Å²) >= 11 is 14.2. The number of halogens is 2. The van der Waals surface area contributed by atoms with E-state index in [0.29, 0.717) is 26.9 Å². The van der Waals surface area contributed by atoms with Gasteiger partial charge in [-0.05, 0) is 79.1 Å². The van der Waals surface area contributed by atoms with E-state index in [2.05, 4.69) is 16.0 Å². The van der Waals surface area contributed by atoms with Crippen LogP contribution in [-0.2, 0) is 9.59 Å². The normalized spacial score (nSPS) is 11.8. The number of thioether (sulfide) groups is 1. The van der Waals surface area contributed by atoms with Crippen LogP contribution in [0.2, 0.25) is 10.0 Å². The third-order valence-corrected chi connectivity index (χ3v) is 9.14. The van der Waals surface area contributed by atoms with Gasteiger partial charge >= 0.3 is 0 Å². The highest BCUT2D eigenvalue weighted by Gasteiger charge is 2.24. The molecular weight excluding hydrogens is 649 g/mol. The molecule has 0 fully saturated rings. The fourth-order valence-electron chi connectivity index (χ4n) is 4.82. The molecule has 1 atom stereocenters. The monoisotopic (exact) mass is 679 g/mol. The zero-order chi connectivity index (χ0) is 33.3. The van der Waals surface area contributed by atoms with Crippen LogP contribution in [0.25, 0.3) is 6.08 Å². The lowest BCUT2D eigenvalue weighted by atomic mass is 10.1. The van der Waals surface area contributed by atoms with Crippen molar-refractivity contribution in [1.82, 2.24) is 5.32 Å². The molecule has 5 rings (SSSR count). The second-order valence-electron chi connectivity index (χ2n) is 10.7. The lowest BCUT2D eigenvalue weighted by molar-refractivity contribution is -0.116. The van der Waals surface area contributed by atoms with Gasteiger partial charge in [-0.25, -0.2) is 0 Å². The zero-order valence-electron chi connectivity index (χ0n) is 25.6. The van der Waals surface area contributed by atoms with Crippen LogP contribution in [0, 0.1) is 13.8 Å². The average molecular weight is 681 g/mol. The Hall–Kier alpha value is -4.82. The molecule has 47 heavy (non-hydrogen) atoms. The molecular formula is C38H31Cl2N3O3S. The maximum atomic E-state index is 13.8. The molecule has 3 N–H and O–H groups in total. The van der Waals surface area contributed by atoms with Crippen LogP contribution >= 0.6 is 35.0 Å². The first-order valence-corrected chi connectivity index (χ1v) is 16.4. The van der Waals surface area contributed by atoms with Gasteiger partial charge in [-0.3, -0.25) is 14.4 Å². The fourth-order valence-corrected chi connectivity index (χ4v) is 6.41. The maximum Gasteiger partial charge on any atom is 0.272 e. The van der Waals surface area contributed by atoms with Crippen LogP contribution in [0.1, 0.15) is 37.9 Å². The molecule has 0 saturated carbocycles. The highest BCUT2D eigenvalue weighted by molar-refractivity contribution is 8.00. The lowest BCUT2D eigenvalue weighted by Gasteiger charge is -2.19. The first-order chi connectivity index (χ1) is 22.7. The first kappa shape index (κ1) is 33.5. The van der Waals surface area contributed by atoms with Crippen molar-refractivity contribution in [2.45, 2.75) is 24.0 Å². The maximum absolute atomic E-state index is 13.8. The van der Waals surface area contributed by atoms with E-state index in [1.807, 2.05) is 68.4 Å². The Morgan fingerprint density at radius 2 is 1.30 bits per heavy atom. The van der Waals surface area contributed by atoms with Gasteiger partial charge in [0.1, 0.15) is 10.9 Å². The molecule has 0 saturated heterocycles. The predicted molar refractivity (Wildman–Crippen MR) is 193 cm³/mol. The highest BCUT2D eigenvalue weighted by atomic mass is 35.5. The lowest BCUT2D eigenvalue weighted by Crippen LogP contribution is -2.30. The summed E-state index contributed by atoms with van der Waals surface area (Å²) in [5.74, 6) is -1.22. The SMILES string of the molecule is Cc1cccc(C)c1NC(=O)C(Sc1cccc(NC(=O)/C(=C\c2c(Cl)cccc2Cl)NC(=O)c2ccccc2)c1)c1ccccc1. The molecule has 0 spiro atoms. The Morgan fingerprint density at radius 3 is 1.96 bits per heavy atom. The minimum Gasteiger partial charge on any atom is -0.324 e. The molecule has 9 heteroatoms. The number of rotatable bonds is 10. The number of para-hydroxylation sites is 1. The smallest absolute Gasteiger partial charge is 0.272 e. The van der Waals surface area contributed by atoms with Gasteiger partial charge in [-0.2, -0.15) is 0 Å². The Bertz CT molecular complexity index is 1910. The van der Waals surface area contributed by atoms with Crippen LogP contribution in [-0.4, -0.2) is 17.7 Å². The standard InChI is InChI=1S/C38H31Cl2N3O3S/c1-24-12-9-13-25(2)34(24)43-38(46)35(26-14-5-3-6-15-26)47-29-19-10-18-28(22-29)41-37(45)33(23-30-31(39)20-11-21-32(30)40)42-36(44)27-16-7-4-8-17-27/h3-23,35H,1-2H3,(H,41,45)(H,42,44)(H,43,46)/b33-23+. The predicted octanol–water partition coefficient (Wildman–Crippen LogP) is 9.49. The number of nitrogens with one attached hydrogen (secondary N) is 3. The van der Waals surface area contributed by atoms with Crippen molar-refractivity contribution >= 4 is 70.1 Å². The quantitative estimate of drug-likeness (QED) is 0.101. The van der Waals surface area contributed by atoms with E-state index in [0.717, 1.165) is 27.3 Å². The molecule has 0 bridgehead atoms. The van der Waals surface area contributed by atoms with Crippen LogP contribution in [0.3, 0.4) is 0 Å². The number of benzene rings is 5. The van der Waals surface area contributed by atoms with Crippen LogP contribution in [0.15, 0.2) is 132 Å². The largest absolute Gasteiger partial charge is 0.324 e. The molecule has 6 nitrogen and oxygen atoms in total. The van der Waals surface area contributed by atoms with Crippen molar-refractivity contribution in [3.05, 3.63) is 165 Å². The van der Waals surface area contributed by atoms with Crippen LogP contribution in [0.4, 0.5) is 11.4 Å². The van der Waals surface area contributed by atoms with E-state index in [9.17, 15) is 14.4 Å². The summed E-state index contributed by atoms with van der Waals surface area (Å²) in [4.78, 5) is 41.3.